The Kier molecular flexibility index (Phi) is 8.69. The molecule has 45 heavy (non-hydrogen) atoms. The Labute approximate surface area is 263 Å². The van der Waals surface area contributed by atoms with Crippen molar-refractivity contribution in [2.45, 2.75) is 88.3 Å². The second-order valence-electron chi connectivity index (χ2n) is 13.9. The fourth-order valence-corrected chi connectivity index (χ4v) is 8.33. The summed E-state index contributed by atoms with van der Waals surface area (Å²) in [5.41, 5.74) is 2.05. The van der Waals surface area contributed by atoms with Gasteiger partial charge in [-0.1, -0.05) is 24.3 Å². The maximum absolute atomic E-state index is 13.8. The highest BCUT2D eigenvalue weighted by molar-refractivity contribution is 5.90. The van der Waals surface area contributed by atoms with Crippen LogP contribution in [0.3, 0.4) is 0 Å². The van der Waals surface area contributed by atoms with Gasteiger partial charge in [-0.15, -0.1) is 6.58 Å². The number of rotatable bonds is 11. The summed E-state index contributed by atoms with van der Waals surface area (Å²) in [6.45, 7) is 6.18. The number of piperidine rings is 1. The van der Waals surface area contributed by atoms with Crippen molar-refractivity contribution in [2.24, 2.45) is 17.3 Å². The molecular formula is C37H41F4N3O. The summed E-state index contributed by atoms with van der Waals surface area (Å²) < 4.78 is 53.4. The van der Waals surface area contributed by atoms with Crippen molar-refractivity contribution in [3.8, 4) is 6.07 Å². The van der Waals surface area contributed by atoms with Gasteiger partial charge in [-0.05, 0) is 141 Å². The molecule has 1 aliphatic heterocycles. The lowest BCUT2D eigenvalue weighted by molar-refractivity contribution is -0.140. The first-order valence-corrected chi connectivity index (χ1v) is 16.3. The molecule has 2 aromatic rings. The van der Waals surface area contributed by atoms with Gasteiger partial charge in [0.2, 0.25) is 5.91 Å². The van der Waals surface area contributed by atoms with Gasteiger partial charge in [0.25, 0.3) is 0 Å². The Morgan fingerprint density at radius 2 is 1.91 bits per heavy atom. The number of alkyl halides is 3. The number of benzene rings is 2. The molecule has 0 aromatic heterocycles. The number of fused-ring (bicyclic) bond motifs is 1. The number of carbonyl (C=O) groups is 1. The molecule has 4 aliphatic rings. The first-order valence-electron chi connectivity index (χ1n) is 16.3. The van der Waals surface area contributed by atoms with Crippen LogP contribution in [0.5, 0.6) is 0 Å². The minimum absolute atomic E-state index is 0.0195. The fourth-order valence-electron chi connectivity index (χ4n) is 8.33. The van der Waals surface area contributed by atoms with Crippen molar-refractivity contribution in [3.63, 3.8) is 0 Å². The van der Waals surface area contributed by atoms with Crippen molar-refractivity contribution >= 4 is 11.6 Å². The number of anilines is 1. The van der Waals surface area contributed by atoms with Gasteiger partial charge in [0, 0.05) is 18.2 Å². The van der Waals surface area contributed by atoms with Crippen LogP contribution in [-0.2, 0) is 16.4 Å². The predicted molar refractivity (Wildman–Crippen MR) is 167 cm³/mol. The van der Waals surface area contributed by atoms with Crippen molar-refractivity contribution < 1.29 is 22.4 Å². The maximum atomic E-state index is 13.8. The molecule has 238 valence electrons. The first-order chi connectivity index (χ1) is 21.5. The Morgan fingerprint density at radius 3 is 2.58 bits per heavy atom. The Hall–Kier alpha value is -3.44. The zero-order chi connectivity index (χ0) is 31.8. The summed E-state index contributed by atoms with van der Waals surface area (Å²) in [7, 11) is 0. The van der Waals surface area contributed by atoms with Crippen LogP contribution < -0.4 is 5.32 Å². The molecule has 8 heteroatoms. The molecule has 3 aliphatic carbocycles. The highest BCUT2D eigenvalue weighted by atomic mass is 19.4. The molecule has 3 fully saturated rings. The van der Waals surface area contributed by atoms with Gasteiger partial charge >= 0.3 is 6.18 Å². The summed E-state index contributed by atoms with van der Waals surface area (Å²) in [6, 6.07) is 13.2. The predicted octanol–water partition coefficient (Wildman–Crippen LogP) is 8.94. The van der Waals surface area contributed by atoms with Gasteiger partial charge < -0.3 is 5.32 Å². The number of likely N-dealkylation sites (tertiary alicyclic amines) is 1. The van der Waals surface area contributed by atoms with E-state index in [-0.39, 0.29) is 28.8 Å². The number of hydrogen-bond donors (Lipinski definition) is 1. The number of nitrogens with zero attached hydrogens (tertiary/aromatic N) is 2. The maximum Gasteiger partial charge on any atom is 0.419 e. The molecule has 4 nitrogen and oxygen atoms in total. The molecule has 0 radical (unpaired) electrons. The monoisotopic (exact) mass is 619 g/mol. The summed E-state index contributed by atoms with van der Waals surface area (Å²) >= 11 is 0. The minimum Gasteiger partial charge on any atom is -0.326 e. The quantitative estimate of drug-likeness (QED) is 0.202. The average Bonchev–Trinajstić information content (AvgIpc) is 3.97. The molecular weight excluding hydrogens is 578 g/mol. The van der Waals surface area contributed by atoms with E-state index < -0.39 is 17.6 Å². The van der Waals surface area contributed by atoms with Crippen LogP contribution in [0, 0.1) is 34.4 Å². The molecule has 4 atom stereocenters. The van der Waals surface area contributed by atoms with Gasteiger partial charge in [-0.2, -0.15) is 18.4 Å². The van der Waals surface area contributed by atoms with Crippen molar-refractivity contribution in [1.29, 1.82) is 5.26 Å². The largest absolute Gasteiger partial charge is 0.419 e. The number of carbonyl (C=O) groups excluding carboxylic acids is 1. The molecule has 2 aromatic carbocycles. The lowest BCUT2D eigenvalue weighted by atomic mass is 9.63. The molecule has 2 saturated carbocycles. The van der Waals surface area contributed by atoms with Crippen LogP contribution >= 0.6 is 0 Å². The van der Waals surface area contributed by atoms with E-state index in [2.05, 4.69) is 41.1 Å². The fraction of sp³-hybridized carbons (Fsp3) is 0.514. The third-order valence-corrected chi connectivity index (χ3v) is 11.2. The van der Waals surface area contributed by atoms with Gasteiger partial charge in [0.1, 0.15) is 5.82 Å². The van der Waals surface area contributed by atoms with Crippen LogP contribution in [0.2, 0.25) is 0 Å². The van der Waals surface area contributed by atoms with Crippen LogP contribution in [0.1, 0.15) is 87.3 Å². The van der Waals surface area contributed by atoms with E-state index in [1.165, 1.54) is 17.2 Å². The van der Waals surface area contributed by atoms with Gasteiger partial charge in [-0.25, -0.2) is 4.39 Å². The molecule has 6 rings (SSSR count). The summed E-state index contributed by atoms with van der Waals surface area (Å²) in [6.07, 6.45) is 9.99. The van der Waals surface area contributed by atoms with Crippen molar-refractivity contribution in [2.75, 3.05) is 18.4 Å². The van der Waals surface area contributed by atoms with Gasteiger partial charge in [0.05, 0.1) is 17.2 Å². The SMILES string of the molecule is C=CC(C1=CC1)N1CCC(CC[C@]2(CCC(=O)Nc3ccc(F)c(C(F)(F)F)c3)CCC3(c4cccc(C#N)c4)CC3C2)CC1. The van der Waals surface area contributed by atoms with Crippen molar-refractivity contribution in [1.82, 2.24) is 4.90 Å². The Bertz CT molecular complexity index is 1520. The van der Waals surface area contributed by atoms with Crippen LogP contribution in [-0.4, -0.2) is 29.9 Å². The molecule has 0 spiro atoms. The molecule has 0 bridgehead atoms. The van der Waals surface area contributed by atoms with E-state index in [9.17, 15) is 27.6 Å². The molecule has 1 saturated heterocycles. The zero-order valence-electron chi connectivity index (χ0n) is 25.6. The number of nitrogens with one attached hydrogen (secondary N) is 1. The van der Waals surface area contributed by atoms with E-state index in [0.717, 1.165) is 76.9 Å². The van der Waals surface area contributed by atoms with Gasteiger partial charge in [-0.3, -0.25) is 9.69 Å². The first kappa shape index (κ1) is 31.5. The van der Waals surface area contributed by atoms with Crippen LogP contribution in [0.25, 0.3) is 0 Å². The van der Waals surface area contributed by atoms with Crippen molar-refractivity contribution in [3.05, 3.63) is 89.3 Å². The molecule has 1 heterocycles. The second kappa shape index (κ2) is 12.4. The smallest absolute Gasteiger partial charge is 0.326 e. The van der Waals surface area contributed by atoms with Crippen LogP contribution in [0.15, 0.2) is 66.8 Å². The number of nitriles is 1. The Balaban J connectivity index is 1.11. The third-order valence-electron chi connectivity index (χ3n) is 11.2. The molecule has 3 unspecified atom stereocenters. The Morgan fingerprint density at radius 1 is 1.13 bits per heavy atom. The van der Waals surface area contributed by atoms with E-state index in [4.69, 9.17) is 0 Å². The zero-order valence-corrected chi connectivity index (χ0v) is 25.6. The third kappa shape index (κ3) is 6.89. The van der Waals surface area contributed by atoms with E-state index in [1.54, 1.807) is 0 Å². The second-order valence-corrected chi connectivity index (χ2v) is 13.9. The van der Waals surface area contributed by atoms with Crippen LogP contribution in [0.4, 0.5) is 23.2 Å². The molecule has 1 N–H and O–H groups in total. The normalized spacial score (nSPS) is 27.1. The standard InChI is InChI=1S/C37H41F4N3O/c1-2-33(27-6-7-27)44-18-12-25(13-19-44)10-14-35(15-11-34(45)43-30-8-9-32(38)31(21-30)37(39,40)41)16-17-36(23-29(36)22-35)28-5-3-4-26(20-28)24-42/h2-6,8-9,20-21,25,29,33H,1,7,10-19,22-23H2,(H,43,45)/t29?,33?,35-,36?/m0/s1. The summed E-state index contributed by atoms with van der Waals surface area (Å²) in [5, 5.41) is 12.0. The lowest BCUT2D eigenvalue weighted by Gasteiger charge is -2.42. The summed E-state index contributed by atoms with van der Waals surface area (Å²) in [5.74, 6) is -0.576. The van der Waals surface area contributed by atoms with E-state index in [1.807, 2.05) is 18.2 Å². The van der Waals surface area contributed by atoms with E-state index >= 15 is 0 Å². The average molecular weight is 620 g/mol. The topological polar surface area (TPSA) is 56.1 Å². The molecule has 1 amide bonds. The highest BCUT2D eigenvalue weighted by Crippen LogP contribution is 2.67. The lowest BCUT2D eigenvalue weighted by Crippen LogP contribution is -2.40. The van der Waals surface area contributed by atoms with Gasteiger partial charge in [0.15, 0.2) is 0 Å². The minimum atomic E-state index is -4.83. The van der Waals surface area contributed by atoms with E-state index in [0.29, 0.717) is 35.9 Å². The number of hydrogen-bond acceptors (Lipinski definition) is 3. The number of amides is 1. The number of halogens is 4. The number of allylic oxidation sites excluding steroid dienone is 1. The summed E-state index contributed by atoms with van der Waals surface area (Å²) in [4.78, 5) is 15.6. The highest BCUT2D eigenvalue weighted by Gasteiger charge is 2.60.